The van der Waals surface area contributed by atoms with Gasteiger partial charge in [-0.25, -0.2) is 0 Å². The molecule has 0 fully saturated rings. The number of unbranched alkanes of at least 4 members (excludes halogenated alkanes) is 5. The molecular formula is C17H36O8. The van der Waals surface area contributed by atoms with Gasteiger partial charge < -0.3 is 30.6 Å². The lowest BCUT2D eigenvalue weighted by Crippen LogP contribution is -2.20. The lowest BCUT2D eigenvalue weighted by molar-refractivity contribution is -0.138. The highest BCUT2D eigenvalue weighted by Gasteiger charge is 2.13. The fourth-order valence-corrected chi connectivity index (χ4v) is 1.31. The number of carboxylic acid groups (broad SMARTS) is 2. The monoisotopic (exact) mass is 368 g/mol. The summed E-state index contributed by atoms with van der Waals surface area (Å²) in [5.74, 6) is -1.48. The van der Waals surface area contributed by atoms with E-state index in [-0.39, 0.29) is 44.7 Å². The average molecular weight is 368 g/mol. The van der Waals surface area contributed by atoms with Gasteiger partial charge >= 0.3 is 11.9 Å². The molecule has 8 nitrogen and oxygen atoms in total. The Bertz CT molecular complexity index is 277. The van der Waals surface area contributed by atoms with E-state index < -0.39 is 11.9 Å². The Hall–Kier alpha value is -1.22. The maximum atomic E-state index is 10.1. The molecule has 0 heterocycles. The predicted molar refractivity (Wildman–Crippen MR) is 94.3 cm³/mol. The first-order chi connectivity index (χ1) is 11.7. The van der Waals surface area contributed by atoms with Gasteiger partial charge in [-0.15, -0.1) is 0 Å². The summed E-state index contributed by atoms with van der Waals surface area (Å²) in [5.41, 5.74) is -0.306. The number of carbonyl (C=O) groups is 2. The van der Waals surface area contributed by atoms with Crippen molar-refractivity contribution in [3.05, 3.63) is 0 Å². The molecule has 8 heteroatoms. The van der Waals surface area contributed by atoms with E-state index in [2.05, 4.69) is 0 Å². The minimum absolute atomic E-state index is 0.0451. The molecule has 0 saturated heterocycles. The highest BCUT2D eigenvalue weighted by molar-refractivity contribution is 5.66. The van der Waals surface area contributed by atoms with Crippen LogP contribution in [0.5, 0.6) is 0 Å². The lowest BCUT2D eigenvalue weighted by atomic mass is 9.97. The molecule has 0 aliphatic rings. The van der Waals surface area contributed by atoms with Gasteiger partial charge in [-0.2, -0.15) is 0 Å². The first kappa shape index (κ1) is 28.6. The third-order valence-electron chi connectivity index (χ3n) is 2.99. The second-order valence-electron chi connectivity index (χ2n) is 6.34. The maximum Gasteiger partial charge on any atom is 0.303 e. The molecule has 0 atom stereocenters. The Morgan fingerprint density at radius 3 is 1.08 bits per heavy atom. The third kappa shape index (κ3) is 34.9. The Morgan fingerprint density at radius 1 is 0.640 bits per heavy atom. The van der Waals surface area contributed by atoms with Crippen LogP contribution in [0, 0.1) is 5.41 Å². The molecular weight excluding hydrogens is 332 g/mol. The molecule has 0 unspecified atom stereocenters. The van der Waals surface area contributed by atoms with Crippen molar-refractivity contribution in [2.75, 3.05) is 26.4 Å². The number of aliphatic hydroxyl groups excluding tert-OH is 4. The fraction of sp³-hybridized carbons (Fsp3) is 0.882. The average Bonchev–Trinajstić information content (AvgIpc) is 2.57. The van der Waals surface area contributed by atoms with Gasteiger partial charge in [0.05, 0.1) is 26.4 Å². The van der Waals surface area contributed by atoms with Crippen molar-refractivity contribution in [2.45, 2.75) is 65.2 Å². The van der Waals surface area contributed by atoms with Crippen molar-refractivity contribution in [2.24, 2.45) is 5.41 Å². The normalized spacial score (nSPS) is 10.2. The van der Waals surface area contributed by atoms with Crippen LogP contribution in [-0.4, -0.2) is 69.0 Å². The van der Waals surface area contributed by atoms with E-state index in [9.17, 15) is 9.59 Å². The lowest BCUT2D eigenvalue weighted by Gasteiger charge is -2.16. The third-order valence-corrected chi connectivity index (χ3v) is 2.99. The van der Waals surface area contributed by atoms with Gasteiger partial charge in [0.2, 0.25) is 0 Å². The van der Waals surface area contributed by atoms with Crippen LogP contribution in [-0.2, 0) is 9.59 Å². The molecule has 0 aromatic carbocycles. The van der Waals surface area contributed by atoms with E-state index >= 15 is 0 Å². The van der Waals surface area contributed by atoms with Crippen LogP contribution >= 0.6 is 0 Å². The summed E-state index contributed by atoms with van der Waals surface area (Å²) in [6.07, 6.45) is 5.82. The van der Waals surface area contributed by atoms with E-state index in [4.69, 9.17) is 30.6 Å². The summed E-state index contributed by atoms with van der Waals surface area (Å²) >= 11 is 0. The van der Waals surface area contributed by atoms with Gasteiger partial charge in [0.15, 0.2) is 0 Å². The first-order valence-electron chi connectivity index (χ1n) is 8.53. The summed E-state index contributed by atoms with van der Waals surface area (Å²) in [4.78, 5) is 20.3. The fourth-order valence-electron chi connectivity index (χ4n) is 1.31. The van der Waals surface area contributed by atoms with Gasteiger partial charge in [0, 0.05) is 18.3 Å². The van der Waals surface area contributed by atoms with Crippen LogP contribution in [0.25, 0.3) is 0 Å². The molecule has 0 aromatic heterocycles. The van der Waals surface area contributed by atoms with Gasteiger partial charge in [-0.1, -0.05) is 39.5 Å². The summed E-state index contributed by atoms with van der Waals surface area (Å²) in [5, 5.41) is 48.8. The molecule has 0 aliphatic carbocycles. The zero-order chi connectivity index (χ0) is 20.1. The summed E-state index contributed by atoms with van der Waals surface area (Å²) < 4.78 is 0. The van der Waals surface area contributed by atoms with Crippen LogP contribution < -0.4 is 0 Å². The number of hydrogen-bond acceptors (Lipinski definition) is 6. The zero-order valence-electron chi connectivity index (χ0n) is 15.5. The highest BCUT2D eigenvalue weighted by atomic mass is 16.4. The molecule has 25 heavy (non-hydrogen) atoms. The molecule has 0 aliphatic heterocycles. The van der Waals surface area contributed by atoms with Crippen molar-refractivity contribution in [3.8, 4) is 0 Å². The van der Waals surface area contributed by atoms with Crippen molar-refractivity contribution < 1.29 is 40.2 Å². The molecule has 0 amide bonds. The number of carboxylic acids is 2. The van der Waals surface area contributed by atoms with Gasteiger partial charge in [0.25, 0.3) is 0 Å². The Labute approximate surface area is 150 Å². The second kappa shape index (κ2) is 20.8. The van der Waals surface area contributed by atoms with Crippen molar-refractivity contribution in [1.29, 1.82) is 0 Å². The van der Waals surface area contributed by atoms with Crippen molar-refractivity contribution >= 4 is 11.9 Å². The number of hydrogen-bond donors (Lipinski definition) is 6. The van der Waals surface area contributed by atoms with Crippen LogP contribution in [0.3, 0.4) is 0 Å². The molecule has 0 radical (unpaired) electrons. The predicted octanol–water partition coefficient (Wildman–Crippen LogP) is 1.24. The molecule has 0 aromatic rings. The van der Waals surface area contributed by atoms with Crippen LogP contribution in [0.15, 0.2) is 0 Å². The standard InChI is InChI=1S/C10H18O4.C5H12O2.C2H6O2/c11-9(12)7-5-3-1-2-4-6-8-10(13)14;1-5(2,3-6)4-7;3-1-2-4/h1-8H2,(H,11,12)(H,13,14);6-7H,3-4H2,1-2H3;3-4H,1-2H2. The zero-order valence-corrected chi connectivity index (χ0v) is 15.5. The van der Waals surface area contributed by atoms with E-state index in [1.54, 1.807) is 13.8 Å². The SMILES string of the molecule is CC(C)(CO)CO.O=C(O)CCCCCCCCC(=O)O.OCCO. The number of aliphatic carboxylic acids is 2. The van der Waals surface area contributed by atoms with Crippen molar-refractivity contribution in [1.82, 2.24) is 0 Å². The minimum Gasteiger partial charge on any atom is -0.481 e. The van der Waals surface area contributed by atoms with Crippen LogP contribution in [0.4, 0.5) is 0 Å². The largest absolute Gasteiger partial charge is 0.481 e. The van der Waals surface area contributed by atoms with Crippen molar-refractivity contribution in [3.63, 3.8) is 0 Å². The number of aliphatic hydroxyl groups is 4. The highest BCUT2D eigenvalue weighted by Crippen LogP contribution is 2.10. The molecule has 0 rings (SSSR count). The van der Waals surface area contributed by atoms with E-state index in [0.29, 0.717) is 0 Å². The summed E-state index contributed by atoms with van der Waals surface area (Å²) in [7, 11) is 0. The van der Waals surface area contributed by atoms with Crippen LogP contribution in [0.1, 0.15) is 65.2 Å². The Balaban J connectivity index is -0.000000365. The second-order valence-corrected chi connectivity index (χ2v) is 6.34. The molecule has 0 saturated carbocycles. The smallest absolute Gasteiger partial charge is 0.303 e. The molecule has 0 bridgehead atoms. The summed E-state index contributed by atoms with van der Waals surface area (Å²) in [6.45, 7) is 3.44. The van der Waals surface area contributed by atoms with E-state index in [0.717, 1.165) is 38.5 Å². The topological polar surface area (TPSA) is 156 Å². The molecule has 6 N–H and O–H groups in total. The molecule has 152 valence electrons. The van der Waals surface area contributed by atoms with Gasteiger partial charge in [-0.3, -0.25) is 9.59 Å². The number of rotatable bonds is 12. The van der Waals surface area contributed by atoms with Gasteiger partial charge in [0.1, 0.15) is 0 Å². The van der Waals surface area contributed by atoms with Gasteiger partial charge in [-0.05, 0) is 12.8 Å². The first-order valence-corrected chi connectivity index (χ1v) is 8.53. The minimum atomic E-state index is -0.740. The van der Waals surface area contributed by atoms with Crippen LogP contribution in [0.2, 0.25) is 0 Å². The maximum absolute atomic E-state index is 10.1. The van der Waals surface area contributed by atoms with E-state index in [1.165, 1.54) is 0 Å². The quantitative estimate of drug-likeness (QED) is 0.281. The van der Waals surface area contributed by atoms with E-state index in [1.807, 2.05) is 0 Å². The Kier molecular flexibility index (Phi) is 23.8. The Morgan fingerprint density at radius 2 is 0.920 bits per heavy atom. The molecule has 0 spiro atoms. The summed E-state index contributed by atoms with van der Waals surface area (Å²) in [6, 6.07) is 0.